The van der Waals surface area contributed by atoms with Gasteiger partial charge in [-0.05, 0) is 45.7 Å². The van der Waals surface area contributed by atoms with Gasteiger partial charge in [-0.15, -0.1) is 5.10 Å². The van der Waals surface area contributed by atoms with E-state index in [0.717, 1.165) is 0 Å². The predicted octanol–water partition coefficient (Wildman–Crippen LogP) is 3.50. The maximum absolute atomic E-state index is 13.5. The van der Waals surface area contributed by atoms with Gasteiger partial charge >= 0.3 is 12.1 Å². The number of carbonyl (C=O) groups is 1. The summed E-state index contributed by atoms with van der Waals surface area (Å²) in [7, 11) is 23.4. The van der Waals surface area contributed by atoms with Gasteiger partial charge in [-0.25, -0.2) is 14.5 Å². The van der Waals surface area contributed by atoms with Crippen LogP contribution in [0.3, 0.4) is 0 Å². The van der Waals surface area contributed by atoms with E-state index in [1.807, 2.05) is 0 Å². The fourth-order valence-electron chi connectivity index (χ4n) is 3.36. The van der Waals surface area contributed by atoms with Crippen molar-refractivity contribution in [1.29, 1.82) is 0 Å². The number of carbonyl (C=O) groups excluding carboxylic acids is 1. The Morgan fingerprint density at radius 3 is 2.26 bits per heavy atom. The molecule has 1 saturated carbocycles. The standard InChI is InChI=1S/C20H19B4ClF3N3O3/c1-16(2,3)34-15(32)11-4-5-12(29-14(11)25)31-9-6-13(30-31)33-10-18(21,22)19(23,24)17(7-8-17)20(26,27)28/h4-6,9H,7-8,10H2,1-3H3. The molecule has 0 atom stereocenters. The van der Waals surface area contributed by atoms with Crippen LogP contribution >= 0.6 is 11.6 Å². The van der Waals surface area contributed by atoms with E-state index in [0.29, 0.717) is 0 Å². The highest BCUT2D eigenvalue weighted by Crippen LogP contribution is 2.73. The Morgan fingerprint density at radius 2 is 1.76 bits per heavy atom. The van der Waals surface area contributed by atoms with Crippen LogP contribution in [0.1, 0.15) is 44.0 Å². The first-order valence-corrected chi connectivity index (χ1v) is 10.6. The van der Waals surface area contributed by atoms with Gasteiger partial charge in [-0.1, -0.05) is 22.0 Å². The van der Waals surface area contributed by atoms with Crippen LogP contribution in [0.15, 0.2) is 24.4 Å². The third kappa shape index (κ3) is 4.99. The molecule has 0 bridgehead atoms. The van der Waals surface area contributed by atoms with Crippen molar-refractivity contribution in [3.8, 4) is 11.7 Å². The van der Waals surface area contributed by atoms with E-state index in [-0.39, 0.29) is 35.3 Å². The second kappa shape index (κ2) is 8.57. The van der Waals surface area contributed by atoms with Gasteiger partial charge in [0.1, 0.15) is 10.8 Å². The van der Waals surface area contributed by atoms with Crippen molar-refractivity contribution < 1.29 is 27.4 Å². The number of pyridine rings is 1. The van der Waals surface area contributed by atoms with Crippen molar-refractivity contribution in [2.45, 2.75) is 55.8 Å². The first kappa shape index (κ1) is 26.6. The number of rotatable bonds is 7. The van der Waals surface area contributed by atoms with E-state index in [1.54, 1.807) is 20.8 Å². The summed E-state index contributed by atoms with van der Waals surface area (Å²) in [5, 5.41) is -0.698. The lowest BCUT2D eigenvalue weighted by Gasteiger charge is -2.50. The zero-order chi connectivity index (χ0) is 25.7. The van der Waals surface area contributed by atoms with Gasteiger partial charge in [0, 0.05) is 12.3 Å². The first-order chi connectivity index (χ1) is 15.4. The maximum atomic E-state index is 13.5. The molecule has 1 aliphatic rings. The SMILES string of the molecule is [B]C([B])(COc1ccn(-c2ccc(C(=O)OC(C)(C)C)c(Cl)n2)n1)C([B])([B])C1(C(F)(F)F)CC1. The second-order valence-electron chi connectivity index (χ2n) is 9.39. The fourth-order valence-corrected chi connectivity index (χ4v) is 3.59. The lowest BCUT2D eigenvalue weighted by molar-refractivity contribution is -0.193. The summed E-state index contributed by atoms with van der Waals surface area (Å²) >= 11 is 6.13. The molecule has 2 heterocycles. The van der Waals surface area contributed by atoms with Gasteiger partial charge in [-0.3, -0.25) is 0 Å². The molecule has 0 N–H and O–H groups in total. The predicted molar refractivity (Wildman–Crippen MR) is 123 cm³/mol. The molecule has 1 fully saturated rings. The number of nitrogens with zero attached hydrogens (tertiary/aromatic N) is 3. The van der Waals surface area contributed by atoms with Gasteiger partial charge in [-0.2, -0.15) is 13.2 Å². The zero-order valence-electron chi connectivity index (χ0n) is 18.8. The van der Waals surface area contributed by atoms with Gasteiger partial charge in [0.25, 0.3) is 0 Å². The summed E-state index contributed by atoms with van der Waals surface area (Å²) in [5.41, 5.74) is -3.03. The summed E-state index contributed by atoms with van der Waals surface area (Å²) in [4.78, 5) is 16.3. The van der Waals surface area contributed by atoms with E-state index in [1.165, 1.54) is 29.1 Å². The van der Waals surface area contributed by atoms with Crippen molar-refractivity contribution in [1.82, 2.24) is 14.8 Å². The highest BCUT2D eigenvalue weighted by Gasteiger charge is 2.71. The van der Waals surface area contributed by atoms with Crippen LogP contribution < -0.4 is 4.74 Å². The van der Waals surface area contributed by atoms with Gasteiger partial charge in [0.15, 0.2) is 5.82 Å². The number of esters is 1. The molecule has 3 rings (SSSR count). The molecule has 0 spiro atoms. The zero-order valence-corrected chi connectivity index (χ0v) is 19.6. The molecule has 2 aromatic rings. The smallest absolute Gasteiger partial charge is 0.393 e. The lowest BCUT2D eigenvalue weighted by Crippen LogP contribution is -2.48. The Hall–Kier alpha value is -2.03. The van der Waals surface area contributed by atoms with Gasteiger partial charge in [0.05, 0.1) is 49.0 Å². The first-order valence-electron chi connectivity index (χ1n) is 10.2. The molecule has 0 amide bonds. The molecule has 2 aromatic heterocycles. The monoisotopic (exact) mass is 485 g/mol. The molecule has 172 valence electrons. The summed E-state index contributed by atoms with van der Waals surface area (Å²) in [5.74, 6) is -0.426. The number of halogens is 4. The normalized spacial score (nSPS) is 16.2. The van der Waals surface area contributed by atoms with E-state index in [4.69, 9.17) is 52.5 Å². The van der Waals surface area contributed by atoms with E-state index < -0.39 is 40.2 Å². The number of ether oxygens (including phenoxy) is 2. The van der Waals surface area contributed by atoms with E-state index >= 15 is 0 Å². The Morgan fingerprint density at radius 1 is 1.15 bits per heavy atom. The molecule has 34 heavy (non-hydrogen) atoms. The molecule has 0 saturated heterocycles. The van der Waals surface area contributed by atoms with Crippen molar-refractivity contribution in [2.75, 3.05) is 6.61 Å². The minimum Gasteiger partial charge on any atom is -0.478 e. The van der Waals surface area contributed by atoms with Crippen molar-refractivity contribution in [3.05, 3.63) is 35.1 Å². The molecule has 8 radical (unpaired) electrons. The summed E-state index contributed by atoms with van der Waals surface area (Å²) in [6, 6.07) is 4.30. The minimum atomic E-state index is -4.67. The molecule has 0 aromatic carbocycles. The van der Waals surface area contributed by atoms with Crippen LogP contribution in [0.4, 0.5) is 13.2 Å². The van der Waals surface area contributed by atoms with Crippen molar-refractivity contribution >= 4 is 49.0 Å². The summed E-state index contributed by atoms with van der Waals surface area (Å²) < 4.78 is 52.4. The number of hydrogen-bond donors (Lipinski definition) is 0. The quantitative estimate of drug-likeness (QED) is 0.342. The number of aromatic nitrogens is 3. The highest BCUT2D eigenvalue weighted by molar-refractivity contribution is 6.54. The van der Waals surface area contributed by atoms with Crippen LogP contribution in [0.25, 0.3) is 5.82 Å². The third-order valence-electron chi connectivity index (χ3n) is 5.57. The van der Waals surface area contributed by atoms with Crippen molar-refractivity contribution in [3.63, 3.8) is 0 Å². The third-order valence-corrected chi connectivity index (χ3v) is 5.85. The lowest BCUT2D eigenvalue weighted by atomic mass is 9.26. The average molecular weight is 485 g/mol. The Kier molecular flexibility index (Phi) is 6.70. The molecule has 1 aliphatic carbocycles. The Bertz CT molecular complexity index is 1080. The summed E-state index contributed by atoms with van der Waals surface area (Å²) in [6.45, 7) is 4.52. The number of alkyl halides is 3. The summed E-state index contributed by atoms with van der Waals surface area (Å²) in [6.07, 6.45) is -3.77. The Labute approximate surface area is 205 Å². The molecular formula is C20H19B4ClF3N3O3. The molecule has 6 nitrogen and oxygen atoms in total. The molecule has 0 unspecified atom stereocenters. The largest absolute Gasteiger partial charge is 0.478 e. The highest BCUT2D eigenvalue weighted by atomic mass is 35.5. The van der Waals surface area contributed by atoms with Crippen LogP contribution in [0, 0.1) is 5.41 Å². The minimum absolute atomic E-state index is 0.0259. The van der Waals surface area contributed by atoms with E-state index in [2.05, 4.69) is 10.1 Å². The van der Waals surface area contributed by atoms with Crippen LogP contribution in [-0.4, -0.2) is 70.5 Å². The molecule has 0 aliphatic heterocycles. The topological polar surface area (TPSA) is 66.2 Å². The average Bonchev–Trinajstić information content (AvgIpc) is 3.39. The van der Waals surface area contributed by atoms with Crippen LogP contribution in [0.5, 0.6) is 5.88 Å². The van der Waals surface area contributed by atoms with Crippen LogP contribution in [0.2, 0.25) is 15.6 Å². The van der Waals surface area contributed by atoms with Gasteiger partial charge in [0.2, 0.25) is 5.88 Å². The number of hydrogen-bond acceptors (Lipinski definition) is 5. The van der Waals surface area contributed by atoms with Crippen molar-refractivity contribution in [2.24, 2.45) is 5.41 Å². The van der Waals surface area contributed by atoms with E-state index in [9.17, 15) is 18.0 Å². The molecule has 14 heteroatoms. The maximum Gasteiger partial charge on any atom is 0.393 e. The fraction of sp³-hybridized carbons (Fsp3) is 0.550. The van der Waals surface area contributed by atoms with Gasteiger partial charge < -0.3 is 9.47 Å². The van der Waals surface area contributed by atoms with Crippen LogP contribution in [-0.2, 0) is 4.74 Å². The second-order valence-corrected chi connectivity index (χ2v) is 9.74. The molecular weight excluding hydrogens is 466 g/mol. The Balaban J connectivity index is 1.71.